The summed E-state index contributed by atoms with van der Waals surface area (Å²) < 4.78 is 5.30. The quantitative estimate of drug-likeness (QED) is 0.716. The highest BCUT2D eigenvalue weighted by molar-refractivity contribution is 5.85. The number of halogens is 2. The fraction of sp³-hybridized carbons (Fsp3) is 0.929. The minimum Gasteiger partial charge on any atom is -0.379 e. The van der Waals surface area contributed by atoms with Gasteiger partial charge in [0.1, 0.15) is 0 Å². The molecule has 0 saturated carbocycles. The largest absolute Gasteiger partial charge is 0.379 e. The summed E-state index contributed by atoms with van der Waals surface area (Å²) >= 11 is 0. The predicted octanol–water partition coefficient (Wildman–Crippen LogP) is 1.43. The molecule has 0 aliphatic carbocycles. The number of nitrogens with two attached hydrogens (primary N) is 1. The van der Waals surface area contributed by atoms with Crippen LogP contribution in [0.1, 0.15) is 33.6 Å². The Morgan fingerprint density at radius 2 is 1.81 bits per heavy atom. The third-order valence-electron chi connectivity index (χ3n) is 3.52. The number of rotatable bonds is 6. The molecule has 21 heavy (non-hydrogen) atoms. The van der Waals surface area contributed by atoms with Crippen LogP contribution in [0.15, 0.2) is 0 Å². The molecule has 1 rings (SSSR count). The van der Waals surface area contributed by atoms with Crippen molar-refractivity contribution in [1.29, 1.82) is 0 Å². The van der Waals surface area contributed by atoms with Gasteiger partial charge in [-0.3, -0.25) is 9.69 Å². The van der Waals surface area contributed by atoms with Gasteiger partial charge in [0.05, 0.1) is 19.3 Å². The number of carbonyl (C=O) groups excluding carboxylic acids is 1. The number of amides is 1. The molecule has 1 amide bonds. The van der Waals surface area contributed by atoms with Gasteiger partial charge in [-0.15, -0.1) is 24.8 Å². The highest BCUT2D eigenvalue weighted by atomic mass is 35.5. The summed E-state index contributed by atoms with van der Waals surface area (Å²) in [4.78, 5) is 14.2. The van der Waals surface area contributed by atoms with E-state index in [2.05, 4.69) is 10.2 Å². The van der Waals surface area contributed by atoms with E-state index in [4.69, 9.17) is 10.5 Å². The Hall–Kier alpha value is -0.0700. The van der Waals surface area contributed by atoms with Crippen LogP contribution in [-0.2, 0) is 9.53 Å². The molecule has 0 spiro atoms. The van der Waals surface area contributed by atoms with E-state index in [0.717, 1.165) is 45.7 Å². The second kappa shape index (κ2) is 11.5. The van der Waals surface area contributed by atoms with Crippen LogP contribution in [0.5, 0.6) is 0 Å². The average molecular weight is 344 g/mol. The van der Waals surface area contributed by atoms with Gasteiger partial charge < -0.3 is 15.8 Å². The van der Waals surface area contributed by atoms with Gasteiger partial charge in [-0.05, 0) is 24.8 Å². The molecule has 0 radical (unpaired) electrons. The van der Waals surface area contributed by atoms with Gasteiger partial charge in [-0.1, -0.05) is 20.8 Å². The van der Waals surface area contributed by atoms with Crippen molar-refractivity contribution in [2.75, 3.05) is 39.4 Å². The van der Waals surface area contributed by atoms with E-state index in [1.165, 1.54) is 0 Å². The number of unbranched alkanes of at least 4 members (excludes halogenated alkanes) is 1. The van der Waals surface area contributed by atoms with Gasteiger partial charge >= 0.3 is 0 Å². The Balaban J connectivity index is 0. The molecule has 7 heteroatoms. The lowest BCUT2D eigenvalue weighted by atomic mass is 9.87. The lowest BCUT2D eigenvalue weighted by Gasteiger charge is -2.27. The van der Waals surface area contributed by atoms with E-state index >= 15 is 0 Å². The third kappa shape index (κ3) is 9.53. The van der Waals surface area contributed by atoms with Crippen molar-refractivity contribution >= 4 is 30.7 Å². The maximum Gasteiger partial charge on any atom is 0.237 e. The van der Waals surface area contributed by atoms with Crippen molar-refractivity contribution < 1.29 is 9.53 Å². The van der Waals surface area contributed by atoms with Crippen molar-refractivity contribution in [2.45, 2.75) is 39.7 Å². The Kier molecular flexibility index (Phi) is 12.7. The van der Waals surface area contributed by atoms with E-state index < -0.39 is 6.04 Å². The fourth-order valence-corrected chi connectivity index (χ4v) is 2.00. The highest BCUT2D eigenvalue weighted by Crippen LogP contribution is 2.17. The predicted molar refractivity (Wildman–Crippen MR) is 91.4 cm³/mol. The number of nitrogens with zero attached hydrogens (tertiary/aromatic N) is 1. The van der Waals surface area contributed by atoms with Gasteiger partial charge in [0, 0.05) is 19.6 Å². The van der Waals surface area contributed by atoms with Crippen molar-refractivity contribution in [3.05, 3.63) is 0 Å². The first-order chi connectivity index (χ1) is 8.91. The number of carbonyl (C=O) groups is 1. The normalized spacial score (nSPS) is 17.3. The molecule has 0 aromatic heterocycles. The highest BCUT2D eigenvalue weighted by Gasteiger charge is 2.26. The Bertz CT molecular complexity index is 280. The molecule has 1 saturated heterocycles. The smallest absolute Gasteiger partial charge is 0.237 e. The number of hydrogen-bond donors (Lipinski definition) is 2. The van der Waals surface area contributed by atoms with Crippen LogP contribution in [-0.4, -0.2) is 56.2 Å². The van der Waals surface area contributed by atoms with Crippen LogP contribution in [0.4, 0.5) is 0 Å². The molecule has 0 unspecified atom stereocenters. The number of nitrogens with one attached hydrogen (secondary N) is 1. The van der Waals surface area contributed by atoms with Crippen molar-refractivity contribution in [1.82, 2.24) is 10.2 Å². The lowest BCUT2D eigenvalue weighted by molar-refractivity contribution is -0.124. The van der Waals surface area contributed by atoms with E-state index in [1.807, 2.05) is 20.8 Å². The van der Waals surface area contributed by atoms with Crippen LogP contribution in [0.25, 0.3) is 0 Å². The topological polar surface area (TPSA) is 67.6 Å². The van der Waals surface area contributed by atoms with Crippen LogP contribution >= 0.6 is 24.8 Å². The van der Waals surface area contributed by atoms with E-state index in [0.29, 0.717) is 6.54 Å². The standard InChI is InChI=1S/C14H29N3O2.2ClH/c1-14(2,3)12(15)13(18)16-6-4-5-7-17-8-10-19-11-9-17;;/h12H,4-11,15H2,1-3H3,(H,16,18);2*1H/t12-;;/m1../s1. The van der Waals surface area contributed by atoms with Crippen LogP contribution < -0.4 is 11.1 Å². The molecule has 3 N–H and O–H groups in total. The van der Waals surface area contributed by atoms with Crippen LogP contribution in [0.3, 0.4) is 0 Å². The molecule has 1 aliphatic heterocycles. The number of ether oxygens (including phenoxy) is 1. The molecule has 1 heterocycles. The zero-order chi connectivity index (χ0) is 14.3. The van der Waals surface area contributed by atoms with Crippen molar-refractivity contribution in [3.8, 4) is 0 Å². The molecule has 1 atom stereocenters. The van der Waals surface area contributed by atoms with E-state index in [-0.39, 0.29) is 36.1 Å². The third-order valence-corrected chi connectivity index (χ3v) is 3.52. The van der Waals surface area contributed by atoms with Gasteiger partial charge in [-0.2, -0.15) is 0 Å². The number of hydrogen-bond acceptors (Lipinski definition) is 4. The first-order valence-corrected chi connectivity index (χ1v) is 7.24. The van der Waals surface area contributed by atoms with Gasteiger partial charge in [0.25, 0.3) is 0 Å². The minimum atomic E-state index is -0.438. The summed E-state index contributed by atoms with van der Waals surface area (Å²) in [5.74, 6) is -0.0427. The molecule has 1 fully saturated rings. The Morgan fingerprint density at radius 1 is 1.24 bits per heavy atom. The lowest BCUT2D eigenvalue weighted by Crippen LogP contribution is -2.48. The average Bonchev–Trinajstić information content (AvgIpc) is 2.37. The Morgan fingerprint density at radius 3 is 2.33 bits per heavy atom. The summed E-state index contributed by atoms with van der Waals surface area (Å²) in [5.41, 5.74) is 5.71. The van der Waals surface area contributed by atoms with Crippen LogP contribution in [0.2, 0.25) is 0 Å². The van der Waals surface area contributed by atoms with E-state index in [9.17, 15) is 4.79 Å². The monoisotopic (exact) mass is 343 g/mol. The zero-order valence-corrected chi connectivity index (χ0v) is 15.0. The summed E-state index contributed by atoms with van der Waals surface area (Å²) in [6, 6.07) is -0.438. The maximum atomic E-state index is 11.8. The summed E-state index contributed by atoms with van der Waals surface area (Å²) in [6.07, 6.45) is 2.10. The SMILES string of the molecule is CC(C)(C)[C@H](N)C(=O)NCCCCN1CCOCC1.Cl.Cl. The minimum absolute atomic E-state index is 0. The fourth-order valence-electron chi connectivity index (χ4n) is 2.00. The van der Waals surface area contributed by atoms with Crippen LogP contribution in [0, 0.1) is 5.41 Å². The first kappa shape index (κ1) is 23.2. The van der Waals surface area contributed by atoms with E-state index in [1.54, 1.807) is 0 Å². The molecule has 5 nitrogen and oxygen atoms in total. The first-order valence-electron chi connectivity index (χ1n) is 7.24. The molecule has 128 valence electrons. The second-order valence-electron chi connectivity index (χ2n) is 6.30. The molecule has 0 aromatic carbocycles. The summed E-state index contributed by atoms with van der Waals surface area (Å²) in [5, 5.41) is 2.92. The molecule has 1 aliphatic rings. The Labute approximate surface area is 141 Å². The summed E-state index contributed by atoms with van der Waals surface area (Å²) in [6.45, 7) is 11.5. The molecular formula is C14H31Cl2N3O2. The zero-order valence-electron chi connectivity index (χ0n) is 13.4. The van der Waals surface area contributed by atoms with Crippen molar-refractivity contribution in [2.24, 2.45) is 11.1 Å². The number of morpholine rings is 1. The molecule has 0 aromatic rings. The van der Waals surface area contributed by atoms with Crippen molar-refractivity contribution in [3.63, 3.8) is 0 Å². The van der Waals surface area contributed by atoms with Gasteiger partial charge in [-0.25, -0.2) is 0 Å². The maximum absolute atomic E-state index is 11.8. The summed E-state index contributed by atoms with van der Waals surface area (Å²) in [7, 11) is 0. The molecule has 0 bridgehead atoms. The van der Waals surface area contributed by atoms with Gasteiger partial charge in [0.2, 0.25) is 5.91 Å². The molecular weight excluding hydrogens is 313 g/mol. The second-order valence-corrected chi connectivity index (χ2v) is 6.30. The van der Waals surface area contributed by atoms with Gasteiger partial charge in [0.15, 0.2) is 0 Å².